The van der Waals surface area contributed by atoms with Crippen molar-refractivity contribution in [2.45, 2.75) is 38.0 Å². The van der Waals surface area contributed by atoms with Gasteiger partial charge in [-0.2, -0.15) is 23.4 Å². The van der Waals surface area contributed by atoms with Crippen molar-refractivity contribution in [2.24, 2.45) is 0 Å². The van der Waals surface area contributed by atoms with E-state index in [1.807, 2.05) is 6.07 Å². The van der Waals surface area contributed by atoms with Gasteiger partial charge in [-0.05, 0) is 31.5 Å². The van der Waals surface area contributed by atoms with Crippen molar-refractivity contribution in [3.63, 3.8) is 0 Å². The first kappa shape index (κ1) is 15.3. The van der Waals surface area contributed by atoms with Crippen LogP contribution < -0.4 is 5.43 Å². The molecule has 1 heterocycles. The van der Waals surface area contributed by atoms with Gasteiger partial charge < -0.3 is 0 Å². The lowest BCUT2D eigenvalue weighted by atomic mass is 9.96. The number of halogens is 3. The van der Waals surface area contributed by atoms with Crippen molar-refractivity contribution >= 4 is 5.91 Å². The second-order valence-electron chi connectivity index (χ2n) is 5.57. The first-order valence-electron chi connectivity index (χ1n) is 6.31. The summed E-state index contributed by atoms with van der Waals surface area (Å²) in [5.74, 6) is -0.442. The van der Waals surface area contributed by atoms with Crippen LogP contribution in [-0.4, -0.2) is 22.6 Å². The van der Waals surface area contributed by atoms with Crippen LogP contribution in [0.2, 0.25) is 0 Å². The third-order valence-electron chi connectivity index (χ3n) is 3.41. The number of hydrogen-bond acceptors (Lipinski definition) is 3. The van der Waals surface area contributed by atoms with E-state index in [-0.39, 0.29) is 17.5 Å². The van der Waals surface area contributed by atoms with Crippen LogP contribution in [0.3, 0.4) is 0 Å². The number of nitrogens with zero attached hydrogens (tertiary/aromatic N) is 2. The largest absolute Gasteiger partial charge is 0.409 e. The Bertz CT molecular complexity index is 587. The van der Waals surface area contributed by atoms with Gasteiger partial charge in [0.05, 0.1) is 11.6 Å². The highest BCUT2D eigenvalue weighted by atomic mass is 19.4. The van der Waals surface area contributed by atoms with Crippen molar-refractivity contribution in [2.75, 3.05) is 0 Å². The molecular weight excluding hydrogens is 283 g/mol. The zero-order valence-corrected chi connectivity index (χ0v) is 11.5. The fraction of sp³-hybridized carbons (Fsp3) is 0.429. The highest BCUT2D eigenvalue weighted by molar-refractivity contribution is 5.79. The number of amides is 1. The average Bonchev–Trinajstić information content (AvgIpc) is 2.62. The van der Waals surface area contributed by atoms with Crippen LogP contribution >= 0.6 is 0 Å². The summed E-state index contributed by atoms with van der Waals surface area (Å²) in [6.07, 6.45) is -4.56. The average molecular weight is 297 g/mol. The molecule has 21 heavy (non-hydrogen) atoms. The first-order valence-corrected chi connectivity index (χ1v) is 6.31. The van der Waals surface area contributed by atoms with Crippen LogP contribution in [0.25, 0.3) is 0 Å². The molecule has 1 aliphatic rings. The van der Waals surface area contributed by atoms with Gasteiger partial charge in [-0.15, -0.1) is 0 Å². The van der Waals surface area contributed by atoms with E-state index in [2.05, 4.69) is 5.43 Å². The number of hydrazine groups is 1. The Morgan fingerprint density at radius 3 is 2.29 bits per heavy atom. The maximum Gasteiger partial charge on any atom is 0.409 e. The molecule has 1 aliphatic heterocycles. The van der Waals surface area contributed by atoms with Gasteiger partial charge in [0, 0.05) is 12.0 Å². The molecule has 7 heteroatoms. The number of nitriles is 1. The summed E-state index contributed by atoms with van der Waals surface area (Å²) >= 11 is 0. The lowest BCUT2D eigenvalue weighted by molar-refractivity contribution is -0.203. The Morgan fingerprint density at radius 2 is 1.90 bits per heavy atom. The SMILES string of the molecule is CC1(C)CC(=O)NN1C(c1ccc(C#N)cc1)C(F)(F)F. The lowest BCUT2D eigenvalue weighted by Crippen LogP contribution is -2.51. The molecule has 0 saturated carbocycles. The fourth-order valence-electron chi connectivity index (χ4n) is 2.44. The van der Waals surface area contributed by atoms with Crippen LogP contribution in [0, 0.1) is 11.3 Å². The molecule has 4 nitrogen and oxygen atoms in total. The number of hydrogen-bond donors (Lipinski definition) is 1. The summed E-state index contributed by atoms with van der Waals surface area (Å²) in [5.41, 5.74) is 1.60. The Labute approximate surface area is 120 Å². The lowest BCUT2D eigenvalue weighted by Gasteiger charge is -2.37. The van der Waals surface area contributed by atoms with Crippen molar-refractivity contribution in [3.05, 3.63) is 35.4 Å². The van der Waals surface area contributed by atoms with Crippen LogP contribution in [0.5, 0.6) is 0 Å². The molecule has 0 aromatic heterocycles. The monoisotopic (exact) mass is 297 g/mol. The highest BCUT2D eigenvalue weighted by Gasteiger charge is 2.52. The number of carbonyl (C=O) groups is 1. The van der Waals surface area contributed by atoms with Gasteiger partial charge in [-0.3, -0.25) is 10.2 Å². The third-order valence-corrected chi connectivity index (χ3v) is 3.41. The minimum Gasteiger partial charge on any atom is -0.287 e. The van der Waals surface area contributed by atoms with Gasteiger partial charge >= 0.3 is 6.18 Å². The summed E-state index contributed by atoms with van der Waals surface area (Å²) in [4.78, 5) is 11.5. The second kappa shape index (κ2) is 5.04. The fourth-order valence-corrected chi connectivity index (χ4v) is 2.44. The second-order valence-corrected chi connectivity index (χ2v) is 5.57. The standard InChI is InChI=1S/C14H14F3N3O/c1-13(2)7-11(21)19-20(13)12(14(15,16)17)10-5-3-9(8-18)4-6-10/h3-6,12H,7H2,1-2H3,(H,19,21). The highest BCUT2D eigenvalue weighted by Crippen LogP contribution is 2.42. The minimum absolute atomic E-state index is 0.00411. The quantitative estimate of drug-likeness (QED) is 0.913. The molecule has 1 aromatic carbocycles. The van der Waals surface area contributed by atoms with Crippen LogP contribution in [0.4, 0.5) is 13.2 Å². The van der Waals surface area contributed by atoms with Gasteiger partial charge in [0.15, 0.2) is 6.04 Å². The van der Waals surface area contributed by atoms with E-state index in [1.165, 1.54) is 24.3 Å². The third kappa shape index (κ3) is 3.00. The molecule has 1 aromatic rings. The summed E-state index contributed by atoms with van der Waals surface area (Å²) < 4.78 is 40.4. The van der Waals surface area contributed by atoms with E-state index in [1.54, 1.807) is 13.8 Å². The molecule has 0 spiro atoms. The molecule has 112 valence electrons. The van der Waals surface area contributed by atoms with Crippen molar-refractivity contribution < 1.29 is 18.0 Å². The van der Waals surface area contributed by atoms with Gasteiger partial charge in [-0.1, -0.05) is 12.1 Å². The summed E-state index contributed by atoms with van der Waals surface area (Å²) in [6.45, 7) is 3.15. The predicted molar refractivity (Wildman–Crippen MR) is 68.6 cm³/mol. The molecular formula is C14H14F3N3O. The maximum atomic E-state index is 13.5. The topological polar surface area (TPSA) is 56.1 Å². The maximum absolute atomic E-state index is 13.5. The van der Waals surface area contributed by atoms with Gasteiger partial charge in [0.25, 0.3) is 0 Å². The van der Waals surface area contributed by atoms with E-state index >= 15 is 0 Å². The molecule has 0 aliphatic carbocycles. The van der Waals surface area contributed by atoms with Crippen molar-refractivity contribution in [3.8, 4) is 6.07 Å². The first-order chi connectivity index (χ1) is 9.65. The molecule has 1 unspecified atom stereocenters. The number of alkyl halides is 3. The molecule has 1 atom stereocenters. The zero-order valence-electron chi connectivity index (χ0n) is 11.5. The molecule has 1 saturated heterocycles. The van der Waals surface area contributed by atoms with Crippen LogP contribution in [0.1, 0.15) is 37.4 Å². The Kier molecular flexibility index (Phi) is 3.68. The smallest absolute Gasteiger partial charge is 0.287 e. The predicted octanol–water partition coefficient (Wildman–Crippen LogP) is 2.68. The number of benzene rings is 1. The Hall–Kier alpha value is -2.07. The van der Waals surface area contributed by atoms with E-state index in [0.29, 0.717) is 0 Å². The van der Waals surface area contributed by atoms with E-state index < -0.39 is 23.7 Å². The van der Waals surface area contributed by atoms with E-state index in [9.17, 15) is 18.0 Å². The summed E-state index contributed by atoms with van der Waals surface area (Å²) in [5, 5.41) is 9.66. The van der Waals surface area contributed by atoms with Gasteiger partial charge in [0.2, 0.25) is 5.91 Å². The van der Waals surface area contributed by atoms with E-state index in [4.69, 9.17) is 5.26 Å². The van der Waals surface area contributed by atoms with Gasteiger partial charge in [0.1, 0.15) is 0 Å². The van der Waals surface area contributed by atoms with Crippen molar-refractivity contribution in [1.82, 2.24) is 10.4 Å². The zero-order chi connectivity index (χ0) is 15.8. The van der Waals surface area contributed by atoms with E-state index in [0.717, 1.165) is 5.01 Å². The van der Waals surface area contributed by atoms with Crippen LogP contribution in [0.15, 0.2) is 24.3 Å². The molecule has 1 N–H and O–H groups in total. The Balaban J connectivity index is 2.44. The molecule has 0 radical (unpaired) electrons. The molecule has 1 amide bonds. The number of carbonyl (C=O) groups excluding carboxylic acids is 1. The van der Waals surface area contributed by atoms with Crippen LogP contribution in [-0.2, 0) is 4.79 Å². The minimum atomic E-state index is -4.55. The summed E-state index contributed by atoms with van der Waals surface area (Å²) in [6, 6.07) is 5.09. The molecule has 0 bridgehead atoms. The van der Waals surface area contributed by atoms with Crippen molar-refractivity contribution in [1.29, 1.82) is 5.26 Å². The molecule has 1 fully saturated rings. The number of nitrogens with one attached hydrogen (secondary N) is 1. The van der Waals surface area contributed by atoms with Gasteiger partial charge in [-0.25, -0.2) is 0 Å². The summed E-state index contributed by atoms with van der Waals surface area (Å²) in [7, 11) is 0. The number of rotatable bonds is 2. The normalized spacial score (nSPS) is 19.9. The molecule has 2 rings (SSSR count). The Morgan fingerprint density at radius 1 is 1.33 bits per heavy atom.